The molecule has 2 aromatic carbocycles. The van der Waals surface area contributed by atoms with Gasteiger partial charge in [-0.1, -0.05) is 49.4 Å². The van der Waals surface area contributed by atoms with Crippen molar-refractivity contribution in [1.82, 2.24) is 5.32 Å². The molecule has 0 aliphatic heterocycles. The van der Waals surface area contributed by atoms with Crippen molar-refractivity contribution in [1.29, 1.82) is 0 Å². The second kappa shape index (κ2) is 6.15. The van der Waals surface area contributed by atoms with Crippen LogP contribution < -0.4 is 5.32 Å². The number of likely N-dealkylation sites (N-methyl/N-ethyl adjacent to an activating group) is 1. The first-order chi connectivity index (χ1) is 10.3. The molecule has 0 saturated carbocycles. The van der Waals surface area contributed by atoms with Crippen molar-refractivity contribution in [3.05, 3.63) is 71.5 Å². The molecule has 1 aromatic heterocycles. The second-order valence-corrected chi connectivity index (χ2v) is 5.43. The van der Waals surface area contributed by atoms with E-state index in [0.717, 1.165) is 18.5 Å². The van der Waals surface area contributed by atoms with Gasteiger partial charge in [0.2, 0.25) is 0 Å². The highest BCUT2D eigenvalue weighted by atomic mass is 16.3. The third kappa shape index (κ3) is 2.86. The van der Waals surface area contributed by atoms with Crippen molar-refractivity contribution in [2.24, 2.45) is 0 Å². The minimum atomic E-state index is 0.278. The zero-order valence-electron chi connectivity index (χ0n) is 12.6. The van der Waals surface area contributed by atoms with Crippen LogP contribution in [-0.4, -0.2) is 6.54 Å². The van der Waals surface area contributed by atoms with Gasteiger partial charge in [0, 0.05) is 17.0 Å². The zero-order valence-corrected chi connectivity index (χ0v) is 12.6. The Hall–Kier alpha value is -2.06. The topological polar surface area (TPSA) is 25.2 Å². The van der Waals surface area contributed by atoms with Gasteiger partial charge in [-0.2, -0.15) is 0 Å². The van der Waals surface area contributed by atoms with Crippen LogP contribution in [0, 0.1) is 6.92 Å². The molecule has 21 heavy (non-hydrogen) atoms. The average Bonchev–Trinajstić information content (AvgIpc) is 2.93. The van der Waals surface area contributed by atoms with Crippen LogP contribution in [0.5, 0.6) is 0 Å². The van der Waals surface area contributed by atoms with E-state index in [1.165, 1.54) is 22.1 Å². The fourth-order valence-electron chi connectivity index (χ4n) is 2.87. The van der Waals surface area contributed by atoms with Crippen LogP contribution in [0.15, 0.2) is 59.2 Å². The van der Waals surface area contributed by atoms with Gasteiger partial charge in [-0.25, -0.2) is 0 Å². The fraction of sp³-hybridized carbons (Fsp3) is 0.263. The molecule has 0 spiro atoms. The number of furan rings is 1. The number of aryl methyl sites for hydroxylation is 1. The summed E-state index contributed by atoms with van der Waals surface area (Å²) >= 11 is 0. The van der Waals surface area contributed by atoms with Gasteiger partial charge in [0.05, 0.1) is 6.26 Å². The molecule has 1 unspecified atom stereocenters. The Kier molecular flexibility index (Phi) is 4.07. The molecule has 2 nitrogen and oxygen atoms in total. The molecule has 0 amide bonds. The van der Waals surface area contributed by atoms with Crippen LogP contribution in [0.4, 0.5) is 0 Å². The van der Waals surface area contributed by atoms with Crippen molar-refractivity contribution in [2.45, 2.75) is 26.3 Å². The molecule has 108 valence electrons. The van der Waals surface area contributed by atoms with E-state index >= 15 is 0 Å². The summed E-state index contributed by atoms with van der Waals surface area (Å²) in [4.78, 5) is 0. The van der Waals surface area contributed by atoms with Gasteiger partial charge < -0.3 is 9.73 Å². The van der Waals surface area contributed by atoms with E-state index in [1.807, 2.05) is 18.4 Å². The van der Waals surface area contributed by atoms with E-state index in [-0.39, 0.29) is 6.04 Å². The van der Waals surface area contributed by atoms with Crippen molar-refractivity contribution >= 4 is 11.0 Å². The lowest BCUT2D eigenvalue weighted by Crippen LogP contribution is -2.23. The first-order valence-corrected chi connectivity index (χ1v) is 7.53. The first kappa shape index (κ1) is 13.9. The number of hydrogen-bond acceptors (Lipinski definition) is 2. The predicted molar refractivity (Wildman–Crippen MR) is 87.5 cm³/mol. The van der Waals surface area contributed by atoms with Gasteiger partial charge >= 0.3 is 0 Å². The number of para-hydroxylation sites is 1. The summed E-state index contributed by atoms with van der Waals surface area (Å²) in [5.41, 5.74) is 4.93. The van der Waals surface area contributed by atoms with Crippen LogP contribution in [-0.2, 0) is 6.42 Å². The summed E-state index contributed by atoms with van der Waals surface area (Å²) in [6, 6.07) is 17.1. The highest BCUT2D eigenvalue weighted by Gasteiger charge is 2.17. The molecule has 0 radical (unpaired) electrons. The monoisotopic (exact) mass is 279 g/mol. The maximum absolute atomic E-state index is 5.70. The number of fused-ring (bicyclic) bond motifs is 1. The van der Waals surface area contributed by atoms with Gasteiger partial charge in [-0.3, -0.25) is 0 Å². The Labute approximate surface area is 125 Å². The molecule has 1 atom stereocenters. The molecule has 1 N–H and O–H groups in total. The molecule has 0 fully saturated rings. The fourth-order valence-corrected chi connectivity index (χ4v) is 2.87. The van der Waals surface area contributed by atoms with Crippen LogP contribution in [0.3, 0.4) is 0 Å². The van der Waals surface area contributed by atoms with Crippen LogP contribution in [0.1, 0.15) is 29.7 Å². The van der Waals surface area contributed by atoms with E-state index < -0.39 is 0 Å². The van der Waals surface area contributed by atoms with E-state index in [2.05, 4.69) is 55.6 Å². The van der Waals surface area contributed by atoms with Crippen molar-refractivity contribution in [2.75, 3.05) is 6.54 Å². The van der Waals surface area contributed by atoms with Gasteiger partial charge in [-0.05, 0) is 37.1 Å². The largest absolute Gasteiger partial charge is 0.464 e. The predicted octanol–water partition coefficient (Wildman–Crippen LogP) is 4.63. The third-order valence-corrected chi connectivity index (χ3v) is 4.02. The minimum Gasteiger partial charge on any atom is -0.464 e. The summed E-state index contributed by atoms with van der Waals surface area (Å²) in [5, 5.41) is 4.80. The van der Waals surface area contributed by atoms with Gasteiger partial charge in [0.1, 0.15) is 5.58 Å². The molecule has 0 saturated heterocycles. The highest BCUT2D eigenvalue weighted by molar-refractivity contribution is 5.81. The standard InChI is InChI=1S/C19H21NO/c1-3-20-18(12-15-9-5-4-8-14(15)2)17-13-21-19-11-7-6-10-16(17)19/h4-11,13,18,20H,3,12H2,1-2H3. The highest BCUT2D eigenvalue weighted by Crippen LogP contribution is 2.29. The molecule has 3 rings (SSSR count). The Bertz CT molecular complexity index is 729. The van der Waals surface area contributed by atoms with E-state index in [1.54, 1.807) is 0 Å². The van der Waals surface area contributed by atoms with Crippen LogP contribution in [0.25, 0.3) is 11.0 Å². The smallest absolute Gasteiger partial charge is 0.134 e. The van der Waals surface area contributed by atoms with Crippen molar-refractivity contribution < 1.29 is 4.42 Å². The van der Waals surface area contributed by atoms with Gasteiger partial charge in [0.15, 0.2) is 0 Å². The molecule has 1 heterocycles. The maximum Gasteiger partial charge on any atom is 0.134 e. The molecule has 3 aromatic rings. The van der Waals surface area contributed by atoms with Gasteiger partial charge in [0.25, 0.3) is 0 Å². The molecule has 0 aliphatic rings. The van der Waals surface area contributed by atoms with Crippen molar-refractivity contribution in [3.8, 4) is 0 Å². The Morgan fingerprint density at radius 1 is 1.05 bits per heavy atom. The number of hydrogen-bond donors (Lipinski definition) is 1. The minimum absolute atomic E-state index is 0.278. The van der Waals surface area contributed by atoms with Crippen LogP contribution in [0.2, 0.25) is 0 Å². The number of rotatable bonds is 5. The van der Waals surface area contributed by atoms with Crippen LogP contribution >= 0.6 is 0 Å². The average molecular weight is 279 g/mol. The summed E-state index contributed by atoms with van der Waals surface area (Å²) in [7, 11) is 0. The lowest BCUT2D eigenvalue weighted by molar-refractivity contribution is 0.534. The van der Waals surface area contributed by atoms with Gasteiger partial charge in [-0.15, -0.1) is 0 Å². The summed E-state index contributed by atoms with van der Waals surface area (Å²) in [5.74, 6) is 0. The number of nitrogens with one attached hydrogen (secondary N) is 1. The maximum atomic E-state index is 5.70. The Morgan fingerprint density at radius 3 is 2.62 bits per heavy atom. The lowest BCUT2D eigenvalue weighted by atomic mass is 9.96. The molecular weight excluding hydrogens is 258 g/mol. The SMILES string of the molecule is CCNC(Cc1ccccc1C)c1coc2ccccc12. The normalized spacial score (nSPS) is 12.7. The van der Waals surface area contributed by atoms with Crippen molar-refractivity contribution in [3.63, 3.8) is 0 Å². The Balaban J connectivity index is 1.96. The molecular formula is C19H21NO. The zero-order chi connectivity index (χ0) is 14.7. The third-order valence-electron chi connectivity index (χ3n) is 4.02. The lowest BCUT2D eigenvalue weighted by Gasteiger charge is -2.18. The Morgan fingerprint density at radius 2 is 1.81 bits per heavy atom. The quantitative estimate of drug-likeness (QED) is 0.736. The van der Waals surface area contributed by atoms with E-state index in [0.29, 0.717) is 0 Å². The summed E-state index contributed by atoms with van der Waals surface area (Å²) in [6.45, 7) is 5.26. The summed E-state index contributed by atoms with van der Waals surface area (Å²) in [6.07, 6.45) is 2.88. The van der Waals surface area contributed by atoms with E-state index in [9.17, 15) is 0 Å². The molecule has 0 bridgehead atoms. The van der Waals surface area contributed by atoms with E-state index in [4.69, 9.17) is 4.42 Å². The number of benzene rings is 2. The first-order valence-electron chi connectivity index (χ1n) is 7.53. The summed E-state index contributed by atoms with van der Waals surface area (Å²) < 4.78 is 5.70. The second-order valence-electron chi connectivity index (χ2n) is 5.43. The molecule has 2 heteroatoms. The molecule has 0 aliphatic carbocycles.